The van der Waals surface area contributed by atoms with Gasteiger partial charge in [-0.15, -0.1) is 0 Å². The summed E-state index contributed by atoms with van der Waals surface area (Å²) in [7, 11) is 1.96. The van der Waals surface area contributed by atoms with Gasteiger partial charge in [-0.2, -0.15) is 0 Å². The zero-order valence-corrected chi connectivity index (χ0v) is 9.93. The second-order valence-corrected chi connectivity index (χ2v) is 5.61. The quantitative estimate of drug-likeness (QED) is 0.682. The van der Waals surface area contributed by atoms with Crippen molar-refractivity contribution in [3.63, 3.8) is 0 Å². The number of likely N-dealkylation sites (N-methyl/N-ethyl adjacent to an activating group) is 1. The fraction of sp³-hybridized carbons (Fsp3) is 1.00. The number of likely N-dealkylation sites (tertiary alicyclic amines) is 1. The predicted molar refractivity (Wildman–Crippen MR) is 56.3 cm³/mol. The van der Waals surface area contributed by atoms with E-state index in [4.69, 9.17) is 4.74 Å². The van der Waals surface area contributed by atoms with Crippen LogP contribution in [0.3, 0.4) is 0 Å². The molecule has 14 heavy (non-hydrogen) atoms. The Kier molecular flexibility index (Phi) is 3.22. The maximum absolute atomic E-state index is 13.6. The molecule has 0 bridgehead atoms. The number of hydrogen-bond donors (Lipinski definition) is 0. The molecular weight excluding hydrogens is 181 g/mol. The van der Waals surface area contributed by atoms with Crippen LogP contribution in [0, 0.1) is 0 Å². The first kappa shape index (κ1) is 11.9. The zero-order valence-electron chi connectivity index (χ0n) is 9.93. The molecule has 1 fully saturated rings. The molecule has 2 atom stereocenters. The molecule has 1 heterocycles. The maximum atomic E-state index is 13.6. The summed E-state index contributed by atoms with van der Waals surface area (Å²) < 4.78 is 19.3. The minimum atomic E-state index is -1.04. The van der Waals surface area contributed by atoms with Crippen LogP contribution in [0.15, 0.2) is 0 Å². The summed E-state index contributed by atoms with van der Waals surface area (Å²) >= 11 is 0. The van der Waals surface area contributed by atoms with E-state index in [1.165, 1.54) is 0 Å². The standard InChI is InChI=1S/C11H22FNO/c1-10(2,3)14-7-9-6-11(4,12)8-13(9)5/h9H,6-8H2,1-5H3/t9-,11?/m1/s1. The summed E-state index contributed by atoms with van der Waals surface area (Å²) in [4.78, 5) is 2.05. The summed E-state index contributed by atoms with van der Waals surface area (Å²) in [6.07, 6.45) is 0.583. The van der Waals surface area contributed by atoms with E-state index in [0.717, 1.165) is 0 Å². The van der Waals surface area contributed by atoms with E-state index >= 15 is 0 Å². The van der Waals surface area contributed by atoms with Crippen molar-refractivity contribution in [2.75, 3.05) is 20.2 Å². The highest BCUT2D eigenvalue weighted by Crippen LogP contribution is 2.29. The molecule has 3 heteroatoms. The molecule has 0 amide bonds. The maximum Gasteiger partial charge on any atom is 0.122 e. The Bertz CT molecular complexity index is 198. The molecule has 0 saturated carbocycles. The van der Waals surface area contributed by atoms with Gasteiger partial charge in [0.15, 0.2) is 0 Å². The molecule has 1 saturated heterocycles. The monoisotopic (exact) mass is 203 g/mol. The lowest BCUT2D eigenvalue weighted by atomic mass is 10.1. The molecule has 1 unspecified atom stereocenters. The van der Waals surface area contributed by atoms with Crippen molar-refractivity contribution in [2.24, 2.45) is 0 Å². The van der Waals surface area contributed by atoms with Crippen molar-refractivity contribution >= 4 is 0 Å². The van der Waals surface area contributed by atoms with Crippen molar-refractivity contribution in [1.29, 1.82) is 0 Å². The molecule has 0 radical (unpaired) electrons. The lowest BCUT2D eigenvalue weighted by molar-refractivity contribution is -0.0255. The van der Waals surface area contributed by atoms with Crippen LogP contribution in [0.2, 0.25) is 0 Å². The van der Waals surface area contributed by atoms with Gasteiger partial charge in [-0.25, -0.2) is 4.39 Å². The summed E-state index contributed by atoms with van der Waals surface area (Å²) in [5.74, 6) is 0. The third kappa shape index (κ3) is 3.54. The second kappa shape index (κ2) is 3.78. The van der Waals surface area contributed by atoms with Crippen molar-refractivity contribution in [3.05, 3.63) is 0 Å². The second-order valence-electron chi connectivity index (χ2n) is 5.61. The molecule has 1 rings (SSSR count). The molecule has 0 N–H and O–H groups in total. The fourth-order valence-corrected chi connectivity index (χ4v) is 1.89. The Hall–Kier alpha value is -0.150. The highest BCUT2D eigenvalue weighted by Gasteiger charge is 2.39. The average molecular weight is 203 g/mol. The Morgan fingerprint density at radius 3 is 2.43 bits per heavy atom. The SMILES string of the molecule is CN1CC(C)(F)C[C@@H]1COC(C)(C)C. The number of nitrogens with zero attached hydrogens (tertiary/aromatic N) is 1. The molecule has 0 aromatic carbocycles. The van der Waals surface area contributed by atoms with E-state index in [0.29, 0.717) is 19.6 Å². The number of rotatable bonds is 2. The van der Waals surface area contributed by atoms with Crippen molar-refractivity contribution < 1.29 is 9.13 Å². The van der Waals surface area contributed by atoms with Gasteiger partial charge in [-0.1, -0.05) is 0 Å². The minimum Gasteiger partial charge on any atom is -0.374 e. The van der Waals surface area contributed by atoms with Crippen molar-refractivity contribution in [2.45, 2.75) is 51.4 Å². The molecule has 2 nitrogen and oxygen atoms in total. The van der Waals surface area contributed by atoms with E-state index in [9.17, 15) is 4.39 Å². The summed E-state index contributed by atoms with van der Waals surface area (Å²) in [6, 6.07) is 0.226. The van der Waals surface area contributed by atoms with Gasteiger partial charge in [0, 0.05) is 19.0 Å². The molecule has 84 valence electrons. The van der Waals surface area contributed by atoms with Gasteiger partial charge in [0.05, 0.1) is 12.2 Å². The number of halogens is 1. The molecule has 0 aliphatic carbocycles. The van der Waals surface area contributed by atoms with Gasteiger partial charge in [0.25, 0.3) is 0 Å². The smallest absolute Gasteiger partial charge is 0.122 e. The Balaban J connectivity index is 2.40. The van der Waals surface area contributed by atoms with Gasteiger partial charge in [0.1, 0.15) is 5.67 Å². The lowest BCUT2D eigenvalue weighted by Gasteiger charge is -2.25. The molecular formula is C11H22FNO. The fourth-order valence-electron chi connectivity index (χ4n) is 1.89. The molecule has 1 aliphatic rings. The first-order valence-corrected chi connectivity index (χ1v) is 5.23. The van der Waals surface area contributed by atoms with Gasteiger partial charge in [0.2, 0.25) is 0 Å². The molecule has 0 spiro atoms. The van der Waals surface area contributed by atoms with Crippen molar-refractivity contribution in [1.82, 2.24) is 4.90 Å². The van der Waals surface area contributed by atoms with Gasteiger partial charge < -0.3 is 4.74 Å². The van der Waals surface area contributed by atoms with Gasteiger partial charge in [-0.05, 0) is 34.7 Å². The largest absolute Gasteiger partial charge is 0.374 e. The molecule has 0 aromatic heterocycles. The molecule has 0 aromatic rings. The zero-order chi connectivity index (χ0) is 11.0. The summed E-state index contributed by atoms with van der Waals surface area (Å²) in [6.45, 7) is 8.88. The van der Waals surface area contributed by atoms with E-state index in [2.05, 4.69) is 0 Å². The van der Waals surface area contributed by atoms with Crippen molar-refractivity contribution in [3.8, 4) is 0 Å². The Labute approximate surface area is 86.4 Å². The van der Waals surface area contributed by atoms with E-state index in [1.54, 1.807) is 6.92 Å². The van der Waals surface area contributed by atoms with Crippen LogP contribution in [-0.4, -0.2) is 42.4 Å². The third-order valence-electron chi connectivity index (χ3n) is 2.57. The lowest BCUT2D eigenvalue weighted by Crippen LogP contribution is -2.33. The van der Waals surface area contributed by atoms with E-state index in [1.807, 2.05) is 32.7 Å². The third-order valence-corrected chi connectivity index (χ3v) is 2.57. The summed E-state index contributed by atoms with van der Waals surface area (Å²) in [5.41, 5.74) is -1.17. The predicted octanol–water partition coefficient (Wildman–Crippen LogP) is 2.23. The number of hydrogen-bond acceptors (Lipinski definition) is 2. The first-order valence-electron chi connectivity index (χ1n) is 5.23. The first-order chi connectivity index (χ1) is 6.20. The Morgan fingerprint density at radius 2 is 2.07 bits per heavy atom. The van der Waals surface area contributed by atoms with Gasteiger partial charge in [-0.3, -0.25) is 4.90 Å². The van der Waals surface area contributed by atoms with Crippen LogP contribution >= 0.6 is 0 Å². The Morgan fingerprint density at radius 1 is 1.50 bits per heavy atom. The van der Waals surface area contributed by atoms with E-state index in [-0.39, 0.29) is 11.6 Å². The van der Waals surface area contributed by atoms with Crippen LogP contribution in [-0.2, 0) is 4.74 Å². The number of ether oxygens (including phenoxy) is 1. The van der Waals surface area contributed by atoms with Crippen LogP contribution < -0.4 is 0 Å². The number of alkyl halides is 1. The molecule has 1 aliphatic heterocycles. The van der Waals surface area contributed by atoms with Crippen LogP contribution in [0.1, 0.15) is 34.1 Å². The summed E-state index contributed by atoms with van der Waals surface area (Å²) in [5, 5.41) is 0. The average Bonchev–Trinajstić information content (AvgIpc) is 2.19. The highest BCUT2D eigenvalue weighted by molar-refractivity contribution is 4.92. The highest BCUT2D eigenvalue weighted by atomic mass is 19.1. The normalized spacial score (nSPS) is 35.1. The van der Waals surface area contributed by atoms with Gasteiger partial charge >= 0.3 is 0 Å². The van der Waals surface area contributed by atoms with Crippen LogP contribution in [0.5, 0.6) is 0 Å². The topological polar surface area (TPSA) is 12.5 Å². The minimum absolute atomic E-state index is 0.129. The van der Waals surface area contributed by atoms with Crippen LogP contribution in [0.4, 0.5) is 4.39 Å². The van der Waals surface area contributed by atoms with E-state index < -0.39 is 5.67 Å². The van der Waals surface area contributed by atoms with Crippen LogP contribution in [0.25, 0.3) is 0 Å².